The fourth-order valence-corrected chi connectivity index (χ4v) is 0.771. The van der Waals surface area contributed by atoms with Gasteiger partial charge in [0.15, 0.2) is 12.2 Å². The van der Waals surface area contributed by atoms with E-state index in [0.717, 1.165) is 6.54 Å². The molecule has 0 radical (unpaired) electrons. The van der Waals surface area contributed by atoms with Gasteiger partial charge in [0.2, 0.25) is 0 Å². The summed E-state index contributed by atoms with van der Waals surface area (Å²) in [6, 6.07) is 0. The zero-order valence-electron chi connectivity index (χ0n) is 4.13. The van der Waals surface area contributed by atoms with E-state index in [2.05, 4.69) is 6.92 Å². The molecule has 40 valence electrons. The van der Waals surface area contributed by atoms with Gasteiger partial charge in [0.05, 0.1) is 0 Å². The van der Waals surface area contributed by atoms with Crippen LogP contribution in [-0.4, -0.2) is 10.8 Å². The molecule has 0 unspecified atom stereocenters. The predicted molar refractivity (Wildman–Crippen MR) is 30.2 cm³/mol. The maximum Gasteiger partial charge on any atom is 0.178 e. The molecule has 0 aromatic carbocycles. The van der Waals surface area contributed by atoms with Crippen LogP contribution in [-0.2, 0) is 4.18 Å². The fraction of sp³-hybridized carbons (Fsp3) is 0.500. The molecular formula is C4H7NOS. The Balaban J connectivity index is 2.28. The van der Waals surface area contributed by atoms with Crippen molar-refractivity contribution >= 4 is 12.2 Å². The van der Waals surface area contributed by atoms with Crippen LogP contribution < -0.4 is 0 Å². The lowest BCUT2D eigenvalue weighted by Crippen LogP contribution is -2.00. The Morgan fingerprint density at radius 3 is 3.00 bits per heavy atom. The summed E-state index contributed by atoms with van der Waals surface area (Å²) >= 11 is 1.36. The molecule has 0 amide bonds. The van der Waals surface area contributed by atoms with E-state index in [9.17, 15) is 0 Å². The molecule has 0 saturated carbocycles. The van der Waals surface area contributed by atoms with Crippen molar-refractivity contribution in [2.24, 2.45) is 0 Å². The van der Waals surface area contributed by atoms with E-state index in [1.165, 1.54) is 12.2 Å². The first-order valence-electron chi connectivity index (χ1n) is 2.20. The molecule has 0 aromatic heterocycles. The summed E-state index contributed by atoms with van der Waals surface area (Å²) in [4.78, 5) is 0. The van der Waals surface area contributed by atoms with E-state index in [-0.39, 0.29) is 0 Å². The molecular weight excluding hydrogens is 110 g/mol. The Bertz CT molecular complexity index is 83.8. The van der Waals surface area contributed by atoms with Crippen molar-refractivity contribution in [3.05, 3.63) is 12.5 Å². The number of rotatable bonds is 1. The molecule has 0 bridgehead atoms. The van der Waals surface area contributed by atoms with E-state index < -0.39 is 0 Å². The highest BCUT2D eigenvalue weighted by molar-refractivity contribution is 7.92. The van der Waals surface area contributed by atoms with Gasteiger partial charge in [-0.25, -0.2) is 0 Å². The van der Waals surface area contributed by atoms with Crippen molar-refractivity contribution in [3.63, 3.8) is 0 Å². The lowest BCUT2D eigenvalue weighted by Gasteiger charge is -2.03. The highest BCUT2D eigenvalue weighted by Crippen LogP contribution is 2.17. The molecule has 0 fully saturated rings. The van der Waals surface area contributed by atoms with Crippen molar-refractivity contribution in [2.45, 2.75) is 6.92 Å². The van der Waals surface area contributed by atoms with Gasteiger partial charge < -0.3 is 4.18 Å². The van der Waals surface area contributed by atoms with Crippen LogP contribution in [0.15, 0.2) is 12.5 Å². The van der Waals surface area contributed by atoms with Crippen LogP contribution in [0.4, 0.5) is 0 Å². The van der Waals surface area contributed by atoms with Crippen LogP contribution >= 0.6 is 12.2 Å². The SMILES string of the molecule is CCN1C=COS1. The molecule has 0 atom stereocenters. The van der Waals surface area contributed by atoms with Gasteiger partial charge in [0.25, 0.3) is 0 Å². The molecule has 0 aromatic rings. The average Bonchev–Trinajstić information content (AvgIpc) is 2.14. The number of hydrogen-bond acceptors (Lipinski definition) is 3. The van der Waals surface area contributed by atoms with Crippen LogP contribution in [0.2, 0.25) is 0 Å². The summed E-state index contributed by atoms with van der Waals surface area (Å²) in [7, 11) is 0. The standard InChI is InChI=1S/C4H7NOS/c1-2-5-3-4-6-7-5/h3-4H,2H2,1H3. The minimum absolute atomic E-state index is 1.00. The summed E-state index contributed by atoms with van der Waals surface area (Å²) in [6.07, 6.45) is 3.58. The second kappa shape index (κ2) is 2.12. The van der Waals surface area contributed by atoms with Crippen LogP contribution in [0.3, 0.4) is 0 Å². The van der Waals surface area contributed by atoms with Gasteiger partial charge in [-0.3, -0.25) is 4.31 Å². The van der Waals surface area contributed by atoms with Gasteiger partial charge in [-0.15, -0.1) is 0 Å². The van der Waals surface area contributed by atoms with Crippen LogP contribution in [0.1, 0.15) is 6.92 Å². The molecule has 1 aliphatic rings. The second-order valence-corrected chi connectivity index (χ2v) is 2.00. The fourth-order valence-electron chi connectivity index (χ4n) is 0.356. The summed E-state index contributed by atoms with van der Waals surface area (Å²) < 4.78 is 6.81. The van der Waals surface area contributed by atoms with Gasteiger partial charge in [0, 0.05) is 12.7 Å². The lowest BCUT2D eigenvalue weighted by atomic mass is 10.7. The zero-order chi connectivity index (χ0) is 5.11. The molecule has 1 aliphatic heterocycles. The highest BCUT2D eigenvalue weighted by atomic mass is 32.2. The lowest BCUT2D eigenvalue weighted by molar-refractivity contribution is 0.565. The summed E-state index contributed by atoms with van der Waals surface area (Å²) in [5.74, 6) is 0. The first kappa shape index (κ1) is 4.84. The third-order valence-electron chi connectivity index (χ3n) is 0.733. The molecule has 1 heterocycles. The molecule has 0 aliphatic carbocycles. The smallest absolute Gasteiger partial charge is 0.178 e. The van der Waals surface area contributed by atoms with Gasteiger partial charge in [0.1, 0.15) is 6.26 Å². The highest BCUT2D eigenvalue weighted by Gasteiger charge is 2.01. The van der Waals surface area contributed by atoms with Gasteiger partial charge in [-0.2, -0.15) is 0 Å². The van der Waals surface area contributed by atoms with Crippen molar-refractivity contribution in [3.8, 4) is 0 Å². The summed E-state index contributed by atoms with van der Waals surface area (Å²) in [6.45, 7) is 3.08. The quantitative estimate of drug-likeness (QED) is 0.380. The maximum absolute atomic E-state index is 4.81. The maximum atomic E-state index is 4.81. The minimum atomic E-state index is 1.00. The predicted octanol–water partition coefficient (Wildman–Crippen LogP) is 1.37. The molecule has 0 saturated heterocycles. The van der Waals surface area contributed by atoms with Crippen molar-refractivity contribution in [1.29, 1.82) is 0 Å². The monoisotopic (exact) mass is 117 g/mol. The van der Waals surface area contributed by atoms with E-state index in [1.807, 2.05) is 10.5 Å². The molecule has 7 heavy (non-hydrogen) atoms. The molecule has 0 spiro atoms. The van der Waals surface area contributed by atoms with Crippen LogP contribution in [0.25, 0.3) is 0 Å². The van der Waals surface area contributed by atoms with Crippen LogP contribution in [0, 0.1) is 0 Å². The summed E-state index contributed by atoms with van der Waals surface area (Å²) in [5.41, 5.74) is 0. The normalized spacial score (nSPS) is 17.6. The topological polar surface area (TPSA) is 12.5 Å². The van der Waals surface area contributed by atoms with E-state index >= 15 is 0 Å². The third-order valence-corrected chi connectivity index (χ3v) is 1.50. The van der Waals surface area contributed by atoms with Gasteiger partial charge in [-0.05, 0) is 6.92 Å². The average molecular weight is 117 g/mol. The molecule has 2 nitrogen and oxygen atoms in total. The Kier molecular flexibility index (Phi) is 1.46. The first-order valence-corrected chi connectivity index (χ1v) is 2.90. The van der Waals surface area contributed by atoms with E-state index in [1.54, 1.807) is 6.26 Å². The van der Waals surface area contributed by atoms with E-state index in [4.69, 9.17) is 4.18 Å². The Morgan fingerprint density at radius 2 is 2.71 bits per heavy atom. The molecule has 3 heteroatoms. The molecule has 0 N–H and O–H groups in total. The number of nitrogens with zero attached hydrogens (tertiary/aromatic N) is 1. The Labute approximate surface area is 47.5 Å². The van der Waals surface area contributed by atoms with E-state index in [0.29, 0.717) is 0 Å². The zero-order valence-corrected chi connectivity index (χ0v) is 4.94. The first-order chi connectivity index (χ1) is 3.43. The Hall–Kier alpha value is -0.310. The largest absolute Gasteiger partial charge is 0.412 e. The van der Waals surface area contributed by atoms with Crippen molar-refractivity contribution < 1.29 is 4.18 Å². The van der Waals surface area contributed by atoms with Gasteiger partial charge >= 0.3 is 0 Å². The van der Waals surface area contributed by atoms with Crippen molar-refractivity contribution in [2.75, 3.05) is 6.54 Å². The Morgan fingerprint density at radius 1 is 1.86 bits per heavy atom. The second-order valence-electron chi connectivity index (χ2n) is 1.19. The van der Waals surface area contributed by atoms with Crippen molar-refractivity contribution in [1.82, 2.24) is 4.31 Å². The molecule has 1 rings (SSSR count). The van der Waals surface area contributed by atoms with Crippen LogP contribution in [0.5, 0.6) is 0 Å². The number of hydrogen-bond donors (Lipinski definition) is 0. The third kappa shape index (κ3) is 1.03. The minimum Gasteiger partial charge on any atom is -0.412 e. The summed E-state index contributed by atoms with van der Waals surface area (Å²) in [5, 5.41) is 0. The van der Waals surface area contributed by atoms with Gasteiger partial charge in [-0.1, -0.05) is 0 Å².